The fourth-order valence-corrected chi connectivity index (χ4v) is 0. The van der Waals surface area contributed by atoms with Crippen molar-refractivity contribution in [3.63, 3.8) is 0 Å². The van der Waals surface area contributed by atoms with Gasteiger partial charge >= 0.3 is 81.9 Å². The average molecular weight is 455 g/mol. The van der Waals surface area contributed by atoms with E-state index in [0.717, 1.165) is 0 Å². The van der Waals surface area contributed by atoms with E-state index in [4.69, 9.17) is 30.1 Å². The average Bonchev–Trinajstić information content (AvgIpc) is 1.25. The summed E-state index contributed by atoms with van der Waals surface area (Å²) in [6.45, 7) is 0. The first kappa shape index (κ1) is 29.2. The van der Waals surface area contributed by atoms with Crippen LogP contribution in [0, 0.1) is 0 Å². The first-order chi connectivity index (χ1) is 3.46. The van der Waals surface area contributed by atoms with Gasteiger partial charge in [0.2, 0.25) is 0 Å². The summed E-state index contributed by atoms with van der Waals surface area (Å²) < 4.78 is 0. The zero-order valence-electron chi connectivity index (χ0n) is 5.73. The van der Waals surface area contributed by atoms with Crippen LogP contribution in [0.5, 0.6) is 0 Å². The number of rotatable bonds is 0. The smallest absolute Gasteiger partial charge is 0.907 e. The van der Waals surface area contributed by atoms with Crippen molar-refractivity contribution in [1.29, 1.82) is 0 Å². The molecule has 0 aliphatic rings. The van der Waals surface area contributed by atoms with E-state index in [9.17, 15) is 0 Å². The molecule has 0 atom stereocenters. The minimum Gasteiger partial charge on any atom is -0.907 e. The molecule has 0 unspecified atom stereocenters. The van der Waals surface area contributed by atoms with Crippen LogP contribution in [-0.4, -0.2) is 14.6 Å². The quantitative estimate of drug-likeness (QED) is 0.333. The molecule has 48 valence electrons. The molecule has 0 aliphatic carbocycles. The maximum absolute atomic E-state index is 8.42. The second-order valence-electron chi connectivity index (χ2n) is 0.577. The summed E-state index contributed by atoms with van der Waals surface area (Å²) in [5.74, 6) is 0. The molecule has 0 heterocycles. The van der Waals surface area contributed by atoms with Gasteiger partial charge in [-0.1, -0.05) is 0 Å². The predicted octanol–water partition coefficient (Wildman–Crippen LogP) is -7.90. The van der Waals surface area contributed by atoms with Crippen LogP contribution in [0.2, 0.25) is 0 Å². The van der Waals surface area contributed by atoms with E-state index in [1.165, 1.54) is 0 Å². The Labute approximate surface area is 125 Å². The van der Waals surface area contributed by atoms with Gasteiger partial charge in [-0.3, -0.25) is 14.6 Å². The first-order valence-electron chi connectivity index (χ1n) is 1.41. The van der Waals surface area contributed by atoms with Crippen LogP contribution in [0.1, 0.15) is 0 Å². The molecule has 6 nitrogen and oxygen atoms in total. The summed E-state index contributed by atoms with van der Waals surface area (Å²) in [6.07, 6.45) is 0. The van der Waals surface area contributed by atoms with Crippen molar-refractivity contribution in [3.05, 3.63) is 0 Å². The van der Waals surface area contributed by atoms with Crippen molar-refractivity contribution < 1.29 is 112 Å². The Bertz CT molecular complexity index is 31.3. The van der Waals surface area contributed by atoms with Crippen LogP contribution in [0.3, 0.4) is 0 Å². The molecule has 0 amide bonds. The zero-order valence-corrected chi connectivity index (χ0v) is 17.8. The Hall–Kier alpha value is 2.66. The largest absolute Gasteiger partial charge is 2.00 e. The normalized spacial score (nSPS) is 4.91. The minimum atomic E-state index is -2.92. The van der Waals surface area contributed by atoms with Gasteiger partial charge in [0.1, 0.15) is 0 Å². The van der Waals surface area contributed by atoms with E-state index in [0.29, 0.717) is 0 Å². The molecule has 0 fully saturated rings. The molecule has 0 rings (SSSR count). The van der Waals surface area contributed by atoms with Crippen LogP contribution >= 0.6 is 0 Å². The Kier molecular flexibility index (Phi) is 60.9. The van der Waals surface area contributed by atoms with Gasteiger partial charge in [0.05, 0.1) is 0 Å². The zero-order chi connectivity index (χ0) is 7.15. The van der Waals surface area contributed by atoms with E-state index in [2.05, 4.69) is 0 Å². The van der Waals surface area contributed by atoms with Gasteiger partial charge < -0.3 is 30.1 Å². The van der Waals surface area contributed by atoms with Gasteiger partial charge in [-0.2, -0.15) is 0 Å². The molecule has 0 aromatic heterocycles. The summed E-state index contributed by atoms with van der Waals surface area (Å²) in [6, 6.07) is 0. The number of hydrogen-bond acceptors (Lipinski definition) is 6. The molecular weight excluding hydrogens is 455 g/mol. The molecule has 0 saturated heterocycles. The van der Waals surface area contributed by atoms with Gasteiger partial charge in [0.25, 0.3) is 0 Å². The predicted molar refractivity (Wildman–Crippen MR) is 11.5 cm³/mol. The third kappa shape index (κ3) is 204. The molecule has 0 aromatic carbocycles. The van der Waals surface area contributed by atoms with Crippen molar-refractivity contribution in [2.45, 2.75) is 0 Å². The topological polar surface area (TPSA) is 138 Å². The Morgan fingerprint density at radius 1 is 0.455 bits per heavy atom. The van der Waals surface area contributed by atoms with Crippen molar-refractivity contribution in [2.75, 3.05) is 0 Å². The van der Waals surface area contributed by atoms with E-state index in [-0.39, 0.29) is 81.9 Å². The molecule has 0 bridgehead atoms. The van der Waals surface area contributed by atoms with Crippen molar-refractivity contribution in [3.8, 4) is 0 Å². The first-order valence-corrected chi connectivity index (χ1v) is 1.41. The van der Waals surface area contributed by atoms with Crippen LogP contribution in [0.25, 0.3) is 0 Å². The van der Waals surface area contributed by atoms with Crippen molar-refractivity contribution in [1.82, 2.24) is 0 Å². The Morgan fingerprint density at radius 3 is 0.455 bits per heavy atom. The summed E-state index contributed by atoms with van der Waals surface area (Å²) in [5.41, 5.74) is 0. The molecule has 0 spiro atoms. The van der Waals surface area contributed by atoms with Crippen molar-refractivity contribution >= 4 is 14.6 Å². The van der Waals surface area contributed by atoms with E-state index >= 15 is 0 Å². The fourth-order valence-electron chi connectivity index (χ4n) is 0. The molecule has 0 saturated carbocycles. The molecule has 0 radical (unpaired) electrons. The maximum atomic E-state index is 8.42. The third-order valence-corrected chi connectivity index (χ3v) is 0. The maximum Gasteiger partial charge on any atom is 2.00 e. The Morgan fingerprint density at radius 2 is 0.455 bits per heavy atom. The summed E-state index contributed by atoms with van der Waals surface area (Å²) in [4.78, 5) is 0. The van der Waals surface area contributed by atoms with Gasteiger partial charge in [-0.25, -0.2) is 0 Å². The van der Waals surface area contributed by atoms with Gasteiger partial charge in [0.15, 0.2) is 0 Å². The molecule has 11 heteroatoms. The van der Waals surface area contributed by atoms with Crippen molar-refractivity contribution in [2.24, 2.45) is 0 Å². The molecule has 11 heavy (non-hydrogen) atoms. The van der Waals surface area contributed by atoms with Crippen LogP contribution in [0.4, 0.5) is 0 Å². The molecule has 0 aliphatic heterocycles. The second-order valence-corrected chi connectivity index (χ2v) is 0.577. The molecule has 0 aromatic rings. The minimum absolute atomic E-state index is 0. The van der Waals surface area contributed by atoms with E-state index in [1.807, 2.05) is 0 Å². The summed E-state index contributed by atoms with van der Waals surface area (Å²) in [5, 5.41) is 50.5. The molecule has 0 N–H and O–H groups in total. The molecular formula is B2Cd3O6. The Balaban J connectivity index is -0.0000000171. The van der Waals surface area contributed by atoms with E-state index < -0.39 is 14.6 Å². The monoisotopic (exact) mass is 460 g/mol. The standard InChI is InChI=1S/2BO3.3Cd/c2*2-1(3)4;;;/q2*-3;3*+2. The third-order valence-electron chi connectivity index (χ3n) is 0. The summed E-state index contributed by atoms with van der Waals surface area (Å²) in [7, 11) is -5.83. The van der Waals surface area contributed by atoms with Crippen LogP contribution in [-0.2, 0) is 81.9 Å². The van der Waals surface area contributed by atoms with Gasteiger partial charge in [-0.15, -0.1) is 0 Å². The van der Waals surface area contributed by atoms with Crippen LogP contribution < -0.4 is 30.1 Å². The summed E-state index contributed by atoms with van der Waals surface area (Å²) >= 11 is 0. The van der Waals surface area contributed by atoms with E-state index in [1.54, 1.807) is 0 Å². The fraction of sp³-hybridized carbons (Fsp3) is 0. The number of hydrogen-bond donors (Lipinski definition) is 0. The SMILES string of the molecule is [Cd+2].[Cd+2].[Cd+2].[O-]B([O-])[O-].[O-]B([O-])[O-]. The van der Waals surface area contributed by atoms with Gasteiger partial charge in [-0.05, 0) is 0 Å². The van der Waals surface area contributed by atoms with Crippen LogP contribution in [0.15, 0.2) is 0 Å². The second kappa shape index (κ2) is 22.9. The van der Waals surface area contributed by atoms with Gasteiger partial charge in [0, 0.05) is 0 Å².